The van der Waals surface area contributed by atoms with Crippen LogP contribution in [0.1, 0.15) is 6.42 Å². The predicted molar refractivity (Wildman–Crippen MR) is 115 cm³/mol. The lowest BCUT2D eigenvalue weighted by Gasteiger charge is -2.13. The highest BCUT2D eigenvalue weighted by molar-refractivity contribution is 7.98. The summed E-state index contributed by atoms with van der Waals surface area (Å²) in [6, 6.07) is 7.62. The van der Waals surface area contributed by atoms with E-state index in [0.717, 1.165) is 30.0 Å². The zero-order chi connectivity index (χ0) is 16.8. The van der Waals surface area contributed by atoms with E-state index in [0.29, 0.717) is 6.42 Å². The summed E-state index contributed by atoms with van der Waals surface area (Å²) in [7, 11) is 4.13. The molecule has 1 amide bonds. The quantitative estimate of drug-likeness (QED) is 0.706. The van der Waals surface area contributed by atoms with Gasteiger partial charge in [0.25, 0.3) is 0 Å². The highest BCUT2D eigenvalue weighted by Crippen LogP contribution is 2.21. The average molecular weight is 407 g/mol. The van der Waals surface area contributed by atoms with Gasteiger partial charge in [0, 0.05) is 25.0 Å². The molecule has 2 aromatic rings. The molecule has 0 aliphatic heterocycles. The fourth-order valence-corrected chi connectivity index (χ4v) is 2.86. The Bertz CT molecular complexity index is 663. The van der Waals surface area contributed by atoms with Crippen LogP contribution in [0, 0.1) is 0 Å². The first kappa shape index (κ1) is 24.1. The molecule has 8 heteroatoms. The zero-order valence-corrected chi connectivity index (χ0v) is 17.3. The van der Waals surface area contributed by atoms with Gasteiger partial charge in [-0.2, -0.15) is 11.8 Å². The molecule has 5 nitrogen and oxygen atoms in total. The third kappa shape index (κ3) is 7.07. The van der Waals surface area contributed by atoms with E-state index in [4.69, 9.17) is 5.73 Å². The third-order valence-electron chi connectivity index (χ3n) is 3.80. The molecular formula is C17H28Cl2N4OS. The monoisotopic (exact) mass is 406 g/mol. The van der Waals surface area contributed by atoms with E-state index in [1.165, 1.54) is 5.39 Å². The molecule has 1 heterocycles. The Balaban J connectivity index is 0.00000288. The SMILES string of the molecule is CSCC[C@H](N)C(=O)Nc1ccc2ccn(CCN(C)C)c2c1.Cl.Cl. The number of carbonyl (C=O) groups is 1. The summed E-state index contributed by atoms with van der Waals surface area (Å²) in [6.07, 6.45) is 4.79. The van der Waals surface area contributed by atoms with Crippen LogP contribution in [-0.2, 0) is 11.3 Å². The van der Waals surface area contributed by atoms with Crippen LogP contribution in [-0.4, -0.2) is 54.1 Å². The fourth-order valence-electron chi connectivity index (χ4n) is 2.38. The van der Waals surface area contributed by atoms with Crippen LogP contribution in [0.25, 0.3) is 10.9 Å². The van der Waals surface area contributed by atoms with Crippen molar-refractivity contribution in [1.82, 2.24) is 9.47 Å². The van der Waals surface area contributed by atoms with Crippen LogP contribution in [0.4, 0.5) is 5.69 Å². The molecule has 0 aliphatic rings. The molecule has 0 saturated carbocycles. The minimum atomic E-state index is -0.460. The third-order valence-corrected chi connectivity index (χ3v) is 4.44. The molecule has 2 rings (SSSR count). The first-order valence-corrected chi connectivity index (χ1v) is 9.19. The summed E-state index contributed by atoms with van der Waals surface area (Å²) in [5, 5.41) is 4.10. The van der Waals surface area contributed by atoms with Gasteiger partial charge in [-0.1, -0.05) is 6.07 Å². The molecule has 1 aromatic heterocycles. The van der Waals surface area contributed by atoms with E-state index in [9.17, 15) is 4.79 Å². The van der Waals surface area contributed by atoms with Crippen LogP contribution >= 0.6 is 36.6 Å². The number of thioether (sulfide) groups is 1. The number of anilines is 1. The molecular weight excluding hydrogens is 379 g/mol. The molecule has 0 bridgehead atoms. The Hall–Kier alpha value is -0.920. The minimum Gasteiger partial charge on any atom is -0.346 e. The Kier molecular flexibility index (Phi) is 11.2. The molecule has 0 aliphatic carbocycles. The number of halogens is 2. The fraction of sp³-hybridized carbons (Fsp3) is 0.471. The first-order valence-electron chi connectivity index (χ1n) is 7.80. The second-order valence-corrected chi connectivity index (χ2v) is 6.95. The molecule has 1 atom stereocenters. The van der Waals surface area contributed by atoms with Gasteiger partial charge in [-0.15, -0.1) is 24.8 Å². The van der Waals surface area contributed by atoms with Gasteiger partial charge in [0.2, 0.25) is 5.91 Å². The van der Waals surface area contributed by atoms with Crippen molar-refractivity contribution in [3.63, 3.8) is 0 Å². The average Bonchev–Trinajstić information content (AvgIpc) is 2.92. The van der Waals surface area contributed by atoms with Crippen LogP contribution in [0.3, 0.4) is 0 Å². The number of aromatic nitrogens is 1. The van der Waals surface area contributed by atoms with Crippen molar-refractivity contribution in [3.05, 3.63) is 30.5 Å². The maximum Gasteiger partial charge on any atom is 0.241 e. The van der Waals surface area contributed by atoms with Crippen molar-refractivity contribution < 1.29 is 4.79 Å². The maximum absolute atomic E-state index is 12.1. The number of benzene rings is 1. The lowest BCUT2D eigenvalue weighted by atomic mass is 10.2. The van der Waals surface area contributed by atoms with Crippen molar-refractivity contribution in [1.29, 1.82) is 0 Å². The Morgan fingerprint density at radius 3 is 2.68 bits per heavy atom. The molecule has 3 N–H and O–H groups in total. The standard InChI is InChI=1S/C17H26N4OS.2ClH/c1-20(2)9-10-21-8-6-13-4-5-14(12-16(13)21)19-17(22)15(18)7-11-23-3;;/h4-6,8,12,15H,7,9-11,18H2,1-3H3,(H,19,22);2*1H/t15-;;/m0../s1. The first-order chi connectivity index (χ1) is 11.0. The topological polar surface area (TPSA) is 63.3 Å². The number of likely N-dealkylation sites (N-methyl/N-ethyl adjacent to an activating group) is 1. The van der Waals surface area contributed by atoms with Gasteiger partial charge >= 0.3 is 0 Å². The van der Waals surface area contributed by atoms with Crippen LogP contribution in [0.2, 0.25) is 0 Å². The minimum absolute atomic E-state index is 0. The second kappa shape index (κ2) is 11.6. The van der Waals surface area contributed by atoms with Gasteiger partial charge in [0.1, 0.15) is 0 Å². The number of amides is 1. The largest absolute Gasteiger partial charge is 0.346 e. The van der Waals surface area contributed by atoms with Gasteiger partial charge in [-0.05, 0) is 56.1 Å². The number of nitrogens with two attached hydrogens (primary N) is 1. The molecule has 0 unspecified atom stereocenters. The van der Waals surface area contributed by atoms with Crippen LogP contribution in [0.15, 0.2) is 30.5 Å². The number of nitrogens with zero attached hydrogens (tertiary/aromatic N) is 2. The van der Waals surface area contributed by atoms with Gasteiger partial charge in [-0.3, -0.25) is 4.79 Å². The number of hydrogen-bond acceptors (Lipinski definition) is 4. The van der Waals surface area contributed by atoms with E-state index < -0.39 is 6.04 Å². The molecule has 25 heavy (non-hydrogen) atoms. The summed E-state index contributed by atoms with van der Waals surface area (Å²) in [6.45, 7) is 1.89. The number of carbonyl (C=O) groups excluding carboxylic acids is 1. The normalized spacial score (nSPS) is 11.7. The second-order valence-electron chi connectivity index (χ2n) is 5.96. The van der Waals surface area contributed by atoms with E-state index >= 15 is 0 Å². The van der Waals surface area contributed by atoms with Crippen molar-refractivity contribution in [2.24, 2.45) is 5.73 Å². The van der Waals surface area contributed by atoms with Crippen molar-refractivity contribution in [3.8, 4) is 0 Å². The lowest BCUT2D eigenvalue weighted by Crippen LogP contribution is -2.36. The number of rotatable bonds is 8. The summed E-state index contributed by atoms with van der Waals surface area (Å²) >= 11 is 1.70. The van der Waals surface area contributed by atoms with Crippen LogP contribution < -0.4 is 11.1 Å². The molecule has 0 fully saturated rings. The van der Waals surface area contributed by atoms with Crippen LogP contribution in [0.5, 0.6) is 0 Å². The van der Waals surface area contributed by atoms with Gasteiger partial charge < -0.3 is 20.5 Å². The van der Waals surface area contributed by atoms with Crippen molar-refractivity contribution in [2.75, 3.05) is 38.0 Å². The number of fused-ring (bicyclic) bond motifs is 1. The highest BCUT2D eigenvalue weighted by Gasteiger charge is 2.13. The summed E-state index contributed by atoms with van der Waals surface area (Å²) in [5.41, 5.74) is 7.84. The van der Waals surface area contributed by atoms with E-state index in [1.807, 2.05) is 24.5 Å². The predicted octanol–water partition coefficient (Wildman–Crippen LogP) is 3.07. The summed E-state index contributed by atoms with van der Waals surface area (Å²) < 4.78 is 2.21. The Labute approximate surface area is 166 Å². The highest BCUT2D eigenvalue weighted by atomic mass is 35.5. The Morgan fingerprint density at radius 2 is 2.04 bits per heavy atom. The lowest BCUT2D eigenvalue weighted by molar-refractivity contribution is -0.117. The number of nitrogens with one attached hydrogen (secondary N) is 1. The summed E-state index contributed by atoms with van der Waals surface area (Å²) in [4.78, 5) is 14.3. The van der Waals surface area contributed by atoms with Gasteiger partial charge in [0.15, 0.2) is 0 Å². The van der Waals surface area contributed by atoms with Gasteiger partial charge in [0.05, 0.1) is 11.6 Å². The van der Waals surface area contributed by atoms with E-state index in [2.05, 4.69) is 41.1 Å². The summed E-state index contributed by atoms with van der Waals surface area (Å²) in [5.74, 6) is 0.769. The molecule has 0 spiro atoms. The van der Waals surface area contributed by atoms with Crippen molar-refractivity contribution in [2.45, 2.75) is 19.0 Å². The van der Waals surface area contributed by atoms with E-state index in [-0.39, 0.29) is 30.7 Å². The molecule has 0 radical (unpaired) electrons. The molecule has 0 saturated heterocycles. The van der Waals surface area contributed by atoms with Crippen molar-refractivity contribution >= 4 is 59.1 Å². The van der Waals surface area contributed by atoms with E-state index in [1.54, 1.807) is 11.8 Å². The Morgan fingerprint density at radius 1 is 1.32 bits per heavy atom. The number of hydrogen-bond donors (Lipinski definition) is 2. The maximum atomic E-state index is 12.1. The molecule has 142 valence electrons. The smallest absolute Gasteiger partial charge is 0.241 e. The zero-order valence-electron chi connectivity index (χ0n) is 14.9. The van der Waals surface area contributed by atoms with Gasteiger partial charge in [-0.25, -0.2) is 0 Å². The molecule has 1 aromatic carbocycles.